The topological polar surface area (TPSA) is 116 Å². The molecule has 2 heterocycles. The van der Waals surface area contributed by atoms with Crippen LogP contribution < -0.4 is 10.6 Å². The first-order valence-corrected chi connectivity index (χ1v) is 12.2. The number of nitrogens with zero attached hydrogens (tertiary/aromatic N) is 4. The van der Waals surface area contributed by atoms with Gasteiger partial charge in [0.05, 0.1) is 29.8 Å². The number of nitrogens with two attached hydrogens (primary N) is 1. The Morgan fingerprint density at radius 3 is 2.45 bits per heavy atom. The normalized spacial score (nSPS) is 20.2. The summed E-state index contributed by atoms with van der Waals surface area (Å²) >= 11 is 0. The molecular formula is C25H38N6O2. The largest absolute Gasteiger partial charge is 0.325 e. The summed E-state index contributed by atoms with van der Waals surface area (Å²) < 4.78 is 0. The molecular weight excluding hydrogens is 416 g/mol. The van der Waals surface area contributed by atoms with Crippen molar-refractivity contribution in [3.8, 4) is 0 Å². The lowest BCUT2D eigenvalue weighted by Gasteiger charge is -2.32. The van der Waals surface area contributed by atoms with Gasteiger partial charge in [-0.1, -0.05) is 32.6 Å². The lowest BCUT2D eigenvalue weighted by molar-refractivity contribution is -0.136. The van der Waals surface area contributed by atoms with Crippen LogP contribution in [-0.2, 0) is 16.1 Å². The molecule has 0 atom stereocenters. The molecule has 1 spiro atoms. The van der Waals surface area contributed by atoms with Gasteiger partial charge in [0.15, 0.2) is 11.6 Å². The average Bonchev–Trinajstić information content (AvgIpc) is 3.12. The van der Waals surface area contributed by atoms with Gasteiger partial charge >= 0.3 is 0 Å². The molecule has 3 N–H and O–H groups in total. The number of amides is 1. The summed E-state index contributed by atoms with van der Waals surface area (Å²) in [5, 5.41) is 6.95. The van der Waals surface area contributed by atoms with Gasteiger partial charge in [0, 0.05) is 37.8 Å². The molecule has 0 radical (unpaired) electrons. The quantitative estimate of drug-likeness (QED) is 0.368. The van der Waals surface area contributed by atoms with Crippen LogP contribution in [0.15, 0.2) is 24.2 Å². The monoisotopic (exact) mass is 454 g/mol. The lowest BCUT2D eigenvalue weighted by Crippen LogP contribution is -2.36. The van der Waals surface area contributed by atoms with Gasteiger partial charge in [0.25, 0.3) is 0 Å². The van der Waals surface area contributed by atoms with E-state index in [2.05, 4.69) is 16.9 Å². The first kappa shape index (κ1) is 25.0. The van der Waals surface area contributed by atoms with Crippen molar-refractivity contribution in [1.82, 2.24) is 14.9 Å². The Kier molecular flexibility index (Phi) is 8.72. The van der Waals surface area contributed by atoms with Gasteiger partial charge in [-0.2, -0.15) is 0 Å². The van der Waals surface area contributed by atoms with Gasteiger partial charge in [0.2, 0.25) is 5.91 Å². The highest BCUT2D eigenvalue weighted by Gasteiger charge is 2.47. The molecule has 8 heteroatoms. The number of likely N-dealkylation sites (tertiary alicyclic amines) is 1. The van der Waals surface area contributed by atoms with Crippen molar-refractivity contribution >= 4 is 23.8 Å². The lowest BCUT2D eigenvalue weighted by atomic mass is 9.73. The van der Waals surface area contributed by atoms with Crippen LogP contribution in [0, 0.1) is 16.7 Å². The highest BCUT2D eigenvalue weighted by atomic mass is 16.2. The average molecular weight is 455 g/mol. The smallest absolute Gasteiger partial charge is 0.233 e. The first-order chi connectivity index (χ1) is 15.9. The number of carbonyl (C=O) groups excluding carboxylic acids is 2. The summed E-state index contributed by atoms with van der Waals surface area (Å²) in [6.45, 7) is 3.26. The molecule has 8 nitrogen and oxygen atoms in total. The molecule has 1 aromatic rings. The number of hydrogen-bond acceptors (Lipinski definition) is 6. The Hall–Kier alpha value is -2.61. The van der Waals surface area contributed by atoms with Crippen molar-refractivity contribution in [2.45, 2.75) is 77.7 Å². The fraction of sp³-hybridized carbons (Fsp3) is 0.640. The number of rotatable bonds is 7. The molecule has 180 valence electrons. The molecule has 2 aliphatic carbocycles. The van der Waals surface area contributed by atoms with Crippen molar-refractivity contribution in [1.29, 1.82) is 5.41 Å². The Balaban J connectivity index is 0.000000218. The molecule has 1 aliphatic heterocycles. The Morgan fingerprint density at radius 1 is 1.21 bits per heavy atom. The number of ketones is 1. The summed E-state index contributed by atoms with van der Waals surface area (Å²) in [6.07, 6.45) is 16.9. The first-order valence-electron chi connectivity index (χ1n) is 12.2. The molecule has 1 amide bonds. The molecule has 3 aliphatic rings. The fourth-order valence-electron chi connectivity index (χ4n) is 4.83. The van der Waals surface area contributed by atoms with Gasteiger partial charge in [-0.05, 0) is 38.5 Å². The van der Waals surface area contributed by atoms with Crippen LogP contribution in [0.4, 0.5) is 5.82 Å². The number of allylic oxidation sites excluding steroid dienone is 2. The van der Waals surface area contributed by atoms with Crippen molar-refractivity contribution in [2.75, 3.05) is 18.5 Å². The van der Waals surface area contributed by atoms with E-state index >= 15 is 0 Å². The maximum absolute atomic E-state index is 12.9. The predicted molar refractivity (Wildman–Crippen MR) is 130 cm³/mol. The molecule has 2 saturated carbocycles. The zero-order valence-corrected chi connectivity index (χ0v) is 20.1. The van der Waals surface area contributed by atoms with Gasteiger partial charge in [-0.25, -0.2) is 4.98 Å². The van der Waals surface area contributed by atoms with Crippen LogP contribution in [0.2, 0.25) is 0 Å². The molecule has 1 aromatic heterocycles. The molecule has 1 saturated heterocycles. The van der Waals surface area contributed by atoms with E-state index in [0.29, 0.717) is 18.3 Å². The molecule has 0 unspecified atom stereocenters. The zero-order chi connectivity index (χ0) is 23.8. The fourth-order valence-corrected chi connectivity index (χ4v) is 4.83. The third kappa shape index (κ3) is 5.85. The molecule has 0 aromatic carbocycles. The SMILES string of the molecule is CC/C(=C\C(=O)C1CCC1)N1CCC2(CCCCC2)C1=O.CN(C=N)c1cnc(CN)cn1. The number of aromatic nitrogens is 2. The zero-order valence-electron chi connectivity index (χ0n) is 20.1. The summed E-state index contributed by atoms with van der Waals surface area (Å²) in [5.74, 6) is 1.42. The van der Waals surface area contributed by atoms with E-state index in [-0.39, 0.29) is 17.1 Å². The van der Waals surface area contributed by atoms with Crippen LogP contribution in [0.5, 0.6) is 0 Å². The minimum absolute atomic E-state index is 0.0912. The van der Waals surface area contributed by atoms with E-state index in [1.54, 1.807) is 30.4 Å². The summed E-state index contributed by atoms with van der Waals surface area (Å²) in [6, 6.07) is 0. The Morgan fingerprint density at radius 2 is 1.94 bits per heavy atom. The Labute approximate surface area is 197 Å². The second-order valence-corrected chi connectivity index (χ2v) is 9.38. The van der Waals surface area contributed by atoms with E-state index in [9.17, 15) is 9.59 Å². The third-order valence-electron chi connectivity index (χ3n) is 7.30. The number of nitrogens with one attached hydrogen (secondary N) is 1. The molecule has 33 heavy (non-hydrogen) atoms. The molecule has 0 bridgehead atoms. The maximum atomic E-state index is 12.9. The van der Waals surface area contributed by atoms with E-state index in [1.165, 1.54) is 32.0 Å². The van der Waals surface area contributed by atoms with Gasteiger partial charge in [0.1, 0.15) is 0 Å². The van der Waals surface area contributed by atoms with Crippen molar-refractivity contribution < 1.29 is 9.59 Å². The van der Waals surface area contributed by atoms with E-state index in [1.807, 2.05) is 4.90 Å². The molecule has 3 fully saturated rings. The van der Waals surface area contributed by atoms with Gasteiger partial charge in [-0.3, -0.25) is 20.0 Å². The minimum Gasteiger partial charge on any atom is -0.325 e. The summed E-state index contributed by atoms with van der Waals surface area (Å²) in [7, 11) is 1.74. The number of hydrogen-bond donors (Lipinski definition) is 2. The summed E-state index contributed by atoms with van der Waals surface area (Å²) in [5.41, 5.74) is 6.96. The van der Waals surface area contributed by atoms with Crippen molar-refractivity contribution in [3.63, 3.8) is 0 Å². The van der Waals surface area contributed by atoms with Crippen LogP contribution >= 0.6 is 0 Å². The van der Waals surface area contributed by atoms with Crippen LogP contribution in [0.3, 0.4) is 0 Å². The van der Waals surface area contributed by atoms with Crippen LogP contribution in [0.1, 0.15) is 76.8 Å². The summed E-state index contributed by atoms with van der Waals surface area (Å²) in [4.78, 5) is 36.7. The highest BCUT2D eigenvalue weighted by molar-refractivity contribution is 5.94. The van der Waals surface area contributed by atoms with Gasteiger partial charge in [-0.15, -0.1) is 0 Å². The van der Waals surface area contributed by atoms with Crippen molar-refractivity contribution in [2.24, 2.45) is 17.1 Å². The van der Waals surface area contributed by atoms with E-state index < -0.39 is 0 Å². The Bertz CT molecular complexity index is 856. The van der Waals surface area contributed by atoms with Crippen molar-refractivity contribution in [3.05, 3.63) is 29.9 Å². The van der Waals surface area contributed by atoms with E-state index in [4.69, 9.17) is 11.1 Å². The minimum atomic E-state index is -0.0912. The third-order valence-corrected chi connectivity index (χ3v) is 7.30. The number of anilines is 1. The van der Waals surface area contributed by atoms with E-state index in [0.717, 1.165) is 56.5 Å². The second kappa shape index (κ2) is 11.5. The van der Waals surface area contributed by atoms with Gasteiger partial charge < -0.3 is 15.5 Å². The number of carbonyl (C=O) groups is 2. The van der Waals surface area contributed by atoms with Crippen LogP contribution in [-0.4, -0.2) is 46.5 Å². The second-order valence-electron chi connectivity index (χ2n) is 9.38. The predicted octanol–water partition coefficient (Wildman–Crippen LogP) is 3.81. The standard InChI is InChI=1S/C18H27NO2.C7H11N5/c1-2-15(13-16(20)14-7-6-8-14)19-12-11-18(17(19)21)9-4-3-5-10-18;1-12(5-9)7-4-10-6(2-8)3-11-7/h13-14H,2-12H2,1H3;3-5,9H,2,8H2,1H3/b15-13+;. The highest BCUT2D eigenvalue weighted by Crippen LogP contribution is 2.46. The van der Waals surface area contributed by atoms with Crippen LogP contribution in [0.25, 0.3) is 0 Å². The maximum Gasteiger partial charge on any atom is 0.233 e. The molecule has 4 rings (SSSR count).